The maximum atomic E-state index is 12.4. The molecule has 1 aromatic rings. The molecule has 0 spiro atoms. The first kappa shape index (κ1) is 13.3. The summed E-state index contributed by atoms with van der Waals surface area (Å²) in [6, 6.07) is 3.92. The van der Waals surface area contributed by atoms with Crippen LogP contribution in [-0.2, 0) is 11.2 Å². The fourth-order valence-corrected chi connectivity index (χ4v) is 2.91. The zero-order chi connectivity index (χ0) is 13.1. The van der Waals surface area contributed by atoms with E-state index < -0.39 is 5.24 Å². The molecule has 4 heteroatoms. The van der Waals surface area contributed by atoms with E-state index in [0.29, 0.717) is 5.56 Å². The molecule has 1 aliphatic carbocycles. The van der Waals surface area contributed by atoms with Crippen LogP contribution in [0.4, 0.5) is 0 Å². The second-order valence-electron chi connectivity index (χ2n) is 5.00. The highest BCUT2D eigenvalue weighted by atomic mass is 35.5. The summed E-state index contributed by atoms with van der Waals surface area (Å²) >= 11 is 5.38. The van der Waals surface area contributed by atoms with Crippen LogP contribution < -0.4 is 5.56 Å². The molecular formula is C14H18ClNO2. The summed E-state index contributed by atoms with van der Waals surface area (Å²) in [6.07, 6.45) is 5.74. The van der Waals surface area contributed by atoms with Crippen LogP contribution in [0.2, 0.25) is 0 Å². The molecule has 3 nitrogen and oxygen atoms in total. The molecule has 0 aliphatic heterocycles. The van der Waals surface area contributed by atoms with Crippen molar-refractivity contribution in [2.75, 3.05) is 0 Å². The minimum atomic E-state index is -0.480. The van der Waals surface area contributed by atoms with Gasteiger partial charge in [-0.1, -0.05) is 25.3 Å². The Labute approximate surface area is 112 Å². The SMILES string of the molecule is Cc1ccc(CC(=O)Cl)c(=O)n1C1CCCCC1. The van der Waals surface area contributed by atoms with Crippen molar-refractivity contribution in [2.45, 2.75) is 51.5 Å². The summed E-state index contributed by atoms with van der Waals surface area (Å²) in [4.78, 5) is 23.3. The summed E-state index contributed by atoms with van der Waals surface area (Å²) < 4.78 is 1.86. The van der Waals surface area contributed by atoms with Crippen molar-refractivity contribution >= 4 is 16.8 Å². The smallest absolute Gasteiger partial charge is 0.254 e. The van der Waals surface area contributed by atoms with E-state index in [-0.39, 0.29) is 18.0 Å². The Morgan fingerprint density at radius 1 is 1.33 bits per heavy atom. The summed E-state index contributed by atoms with van der Waals surface area (Å²) in [5.41, 5.74) is 1.43. The van der Waals surface area contributed by atoms with Gasteiger partial charge in [-0.3, -0.25) is 9.59 Å². The zero-order valence-corrected chi connectivity index (χ0v) is 11.4. The highest BCUT2D eigenvalue weighted by Crippen LogP contribution is 2.27. The highest BCUT2D eigenvalue weighted by Gasteiger charge is 2.19. The number of pyridine rings is 1. The predicted octanol–water partition coefficient (Wildman–Crippen LogP) is 2.97. The number of carbonyl (C=O) groups excluding carboxylic acids is 1. The lowest BCUT2D eigenvalue weighted by Crippen LogP contribution is -2.30. The minimum absolute atomic E-state index is 0.0212. The third-order valence-corrected chi connectivity index (χ3v) is 3.80. The van der Waals surface area contributed by atoms with Crippen LogP contribution >= 0.6 is 11.6 Å². The van der Waals surface area contributed by atoms with Gasteiger partial charge in [0.25, 0.3) is 5.56 Å². The quantitative estimate of drug-likeness (QED) is 0.790. The van der Waals surface area contributed by atoms with E-state index in [0.717, 1.165) is 18.5 Å². The number of aromatic nitrogens is 1. The van der Waals surface area contributed by atoms with Crippen LogP contribution in [0.5, 0.6) is 0 Å². The topological polar surface area (TPSA) is 39.1 Å². The van der Waals surface area contributed by atoms with E-state index in [9.17, 15) is 9.59 Å². The third kappa shape index (κ3) is 2.83. The van der Waals surface area contributed by atoms with E-state index in [1.807, 2.05) is 17.6 Å². The summed E-state index contributed by atoms with van der Waals surface area (Å²) in [5.74, 6) is 0. The Kier molecular flexibility index (Phi) is 4.23. The molecule has 0 unspecified atom stereocenters. The largest absolute Gasteiger partial charge is 0.310 e. The Hall–Kier alpha value is -1.09. The third-order valence-electron chi connectivity index (χ3n) is 3.67. The van der Waals surface area contributed by atoms with Crippen LogP contribution in [0, 0.1) is 6.92 Å². The number of rotatable bonds is 3. The zero-order valence-electron chi connectivity index (χ0n) is 10.6. The molecule has 0 amide bonds. The van der Waals surface area contributed by atoms with Crippen molar-refractivity contribution in [1.82, 2.24) is 4.57 Å². The molecule has 0 N–H and O–H groups in total. The molecule has 1 heterocycles. The van der Waals surface area contributed by atoms with Crippen LogP contribution in [0.15, 0.2) is 16.9 Å². The fraction of sp³-hybridized carbons (Fsp3) is 0.571. The monoisotopic (exact) mass is 267 g/mol. The Morgan fingerprint density at radius 3 is 2.61 bits per heavy atom. The molecule has 18 heavy (non-hydrogen) atoms. The molecule has 0 radical (unpaired) electrons. The number of nitrogens with zero attached hydrogens (tertiary/aromatic N) is 1. The van der Waals surface area contributed by atoms with E-state index in [1.54, 1.807) is 6.07 Å². The average Bonchev–Trinajstić information content (AvgIpc) is 2.34. The molecule has 0 atom stereocenters. The van der Waals surface area contributed by atoms with Gasteiger partial charge in [-0.25, -0.2) is 0 Å². The summed E-state index contributed by atoms with van der Waals surface area (Å²) in [5, 5.41) is -0.480. The average molecular weight is 268 g/mol. The second-order valence-corrected chi connectivity index (χ2v) is 5.42. The number of hydrogen-bond donors (Lipinski definition) is 0. The lowest BCUT2D eigenvalue weighted by atomic mass is 9.94. The van der Waals surface area contributed by atoms with E-state index in [2.05, 4.69) is 0 Å². The van der Waals surface area contributed by atoms with Gasteiger partial charge in [0.2, 0.25) is 5.24 Å². The molecule has 0 bridgehead atoms. The molecule has 0 aromatic carbocycles. The number of carbonyl (C=O) groups is 1. The molecular weight excluding hydrogens is 250 g/mol. The minimum Gasteiger partial charge on any atom is -0.310 e. The molecule has 98 valence electrons. The van der Waals surface area contributed by atoms with Crippen molar-refractivity contribution in [3.05, 3.63) is 33.7 Å². The van der Waals surface area contributed by atoms with Gasteiger partial charge in [0.05, 0.1) is 6.42 Å². The van der Waals surface area contributed by atoms with Gasteiger partial charge in [0.1, 0.15) is 0 Å². The molecule has 1 aromatic heterocycles. The van der Waals surface area contributed by atoms with Crippen LogP contribution in [0.3, 0.4) is 0 Å². The molecule has 0 saturated heterocycles. The summed E-state index contributed by atoms with van der Waals surface area (Å²) in [6.45, 7) is 1.95. The highest BCUT2D eigenvalue weighted by molar-refractivity contribution is 6.63. The lowest BCUT2D eigenvalue weighted by molar-refractivity contribution is -0.111. The summed E-state index contributed by atoms with van der Waals surface area (Å²) in [7, 11) is 0. The van der Waals surface area contributed by atoms with Crippen LogP contribution in [0.1, 0.15) is 49.4 Å². The van der Waals surface area contributed by atoms with Gasteiger partial charge in [0.15, 0.2) is 0 Å². The predicted molar refractivity (Wildman–Crippen MR) is 72.1 cm³/mol. The Morgan fingerprint density at radius 2 is 2.00 bits per heavy atom. The standard InChI is InChI=1S/C14H18ClNO2/c1-10-7-8-11(9-13(15)17)14(18)16(10)12-5-3-2-4-6-12/h7-8,12H,2-6,9H2,1H3. The molecule has 1 saturated carbocycles. The number of hydrogen-bond acceptors (Lipinski definition) is 2. The van der Waals surface area contributed by atoms with Gasteiger partial charge in [-0.2, -0.15) is 0 Å². The lowest BCUT2D eigenvalue weighted by Gasteiger charge is -2.26. The number of halogens is 1. The van der Waals surface area contributed by atoms with Crippen molar-refractivity contribution in [3.63, 3.8) is 0 Å². The second kappa shape index (κ2) is 5.70. The van der Waals surface area contributed by atoms with Gasteiger partial charge in [0, 0.05) is 17.3 Å². The van der Waals surface area contributed by atoms with Gasteiger partial charge >= 0.3 is 0 Å². The fourth-order valence-electron chi connectivity index (χ4n) is 2.76. The first-order valence-corrected chi connectivity index (χ1v) is 6.86. The Bertz CT molecular complexity index is 501. The number of aryl methyl sites for hydroxylation is 1. The van der Waals surface area contributed by atoms with Crippen molar-refractivity contribution < 1.29 is 4.79 Å². The van der Waals surface area contributed by atoms with Gasteiger partial charge in [-0.15, -0.1) is 0 Å². The maximum Gasteiger partial charge on any atom is 0.254 e. The van der Waals surface area contributed by atoms with Gasteiger partial charge < -0.3 is 4.57 Å². The molecule has 2 rings (SSSR count). The van der Waals surface area contributed by atoms with E-state index in [4.69, 9.17) is 11.6 Å². The Balaban J connectivity index is 2.38. The van der Waals surface area contributed by atoms with Crippen LogP contribution in [0.25, 0.3) is 0 Å². The normalized spacial score (nSPS) is 16.8. The van der Waals surface area contributed by atoms with Gasteiger partial charge in [-0.05, 0) is 37.4 Å². The van der Waals surface area contributed by atoms with Crippen LogP contribution in [-0.4, -0.2) is 9.81 Å². The van der Waals surface area contributed by atoms with Crippen molar-refractivity contribution in [1.29, 1.82) is 0 Å². The molecule has 1 aliphatic rings. The maximum absolute atomic E-state index is 12.4. The molecule has 1 fully saturated rings. The first-order chi connectivity index (χ1) is 8.59. The van der Waals surface area contributed by atoms with E-state index in [1.165, 1.54) is 19.3 Å². The first-order valence-electron chi connectivity index (χ1n) is 6.49. The van der Waals surface area contributed by atoms with E-state index >= 15 is 0 Å². The van der Waals surface area contributed by atoms with Crippen molar-refractivity contribution in [3.8, 4) is 0 Å². The van der Waals surface area contributed by atoms with Crippen molar-refractivity contribution in [2.24, 2.45) is 0 Å².